The Bertz CT molecular complexity index is 779. The molecule has 7 heteroatoms. The van der Waals surface area contributed by atoms with Crippen LogP contribution in [0.4, 0.5) is 0 Å². The smallest absolute Gasteiger partial charge is 0.254 e. The van der Waals surface area contributed by atoms with Crippen LogP contribution in [0.15, 0.2) is 11.4 Å². The Labute approximate surface area is 166 Å². The molecule has 0 aromatic carbocycles. The minimum absolute atomic E-state index is 0.211. The standard InChI is InChI=1S/C20H30N2O3S2/c1-27(24,25)21-11-8-16(9-12-21)19-13-17(14-26-19)20(23)22-10-4-6-15-5-2-3-7-18(15)22/h13-16,18H,2-12H2,1H3/t15-,18-/m1/s1. The number of hydrogen-bond donors (Lipinski definition) is 0. The highest BCUT2D eigenvalue weighted by atomic mass is 32.2. The normalized spacial score (nSPS) is 28.1. The van der Waals surface area contributed by atoms with Gasteiger partial charge >= 0.3 is 0 Å². The molecule has 1 amide bonds. The van der Waals surface area contributed by atoms with Crippen LogP contribution >= 0.6 is 11.3 Å². The molecule has 3 fully saturated rings. The Morgan fingerprint density at radius 2 is 1.74 bits per heavy atom. The van der Waals surface area contributed by atoms with Gasteiger partial charge in [-0.25, -0.2) is 12.7 Å². The maximum atomic E-state index is 13.2. The zero-order valence-electron chi connectivity index (χ0n) is 16.1. The molecule has 1 aliphatic carbocycles. The van der Waals surface area contributed by atoms with Crippen molar-refractivity contribution in [2.75, 3.05) is 25.9 Å². The lowest BCUT2D eigenvalue weighted by atomic mass is 9.78. The molecular weight excluding hydrogens is 380 g/mol. The van der Waals surface area contributed by atoms with Crippen molar-refractivity contribution < 1.29 is 13.2 Å². The van der Waals surface area contributed by atoms with Gasteiger partial charge in [-0.15, -0.1) is 11.3 Å². The summed E-state index contributed by atoms with van der Waals surface area (Å²) in [6, 6.07) is 2.53. The van der Waals surface area contributed by atoms with Crippen molar-refractivity contribution in [3.8, 4) is 0 Å². The van der Waals surface area contributed by atoms with E-state index in [0.29, 0.717) is 31.0 Å². The third-order valence-electron chi connectivity index (χ3n) is 6.70. The van der Waals surface area contributed by atoms with Crippen molar-refractivity contribution in [1.29, 1.82) is 0 Å². The average molecular weight is 411 g/mol. The fourth-order valence-corrected chi connectivity index (χ4v) is 7.12. The fourth-order valence-electron chi connectivity index (χ4n) is 5.19. The molecule has 0 unspecified atom stereocenters. The van der Waals surface area contributed by atoms with E-state index in [9.17, 15) is 13.2 Å². The number of likely N-dealkylation sites (tertiary alicyclic amines) is 1. The maximum Gasteiger partial charge on any atom is 0.254 e. The minimum Gasteiger partial charge on any atom is -0.335 e. The van der Waals surface area contributed by atoms with Crippen LogP contribution in [0.25, 0.3) is 0 Å². The van der Waals surface area contributed by atoms with Gasteiger partial charge in [0.15, 0.2) is 0 Å². The van der Waals surface area contributed by atoms with Gasteiger partial charge in [-0.05, 0) is 56.4 Å². The molecule has 4 rings (SSSR count). The number of nitrogens with zero attached hydrogens (tertiary/aromatic N) is 2. The Balaban J connectivity index is 1.42. The molecule has 1 saturated carbocycles. The molecule has 27 heavy (non-hydrogen) atoms. The Morgan fingerprint density at radius 1 is 1.04 bits per heavy atom. The molecule has 2 saturated heterocycles. The van der Waals surface area contributed by atoms with Crippen molar-refractivity contribution >= 4 is 27.3 Å². The number of thiophene rings is 1. The second-order valence-electron chi connectivity index (χ2n) is 8.43. The van der Waals surface area contributed by atoms with Crippen LogP contribution < -0.4 is 0 Å². The quantitative estimate of drug-likeness (QED) is 0.764. The van der Waals surface area contributed by atoms with Gasteiger partial charge in [-0.1, -0.05) is 12.8 Å². The molecule has 2 aliphatic heterocycles. The van der Waals surface area contributed by atoms with Gasteiger partial charge in [0.1, 0.15) is 0 Å². The SMILES string of the molecule is CS(=O)(=O)N1CCC(c2cc(C(=O)N3CCC[C@H]4CCCC[C@H]43)cs2)CC1. The monoisotopic (exact) mass is 410 g/mol. The molecule has 0 bridgehead atoms. The van der Waals surface area contributed by atoms with Gasteiger partial charge in [-0.2, -0.15) is 0 Å². The van der Waals surface area contributed by atoms with Crippen LogP contribution in [-0.4, -0.2) is 55.5 Å². The third kappa shape index (κ3) is 4.10. The lowest BCUT2D eigenvalue weighted by Gasteiger charge is -2.44. The first-order valence-electron chi connectivity index (χ1n) is 10.3. The summed E-state index contributed by atoms with van der Waals surface area (Å²) in [5.74, 6) is 1.29. The van der Waals surface area contributed by atoms with Gasteiger partial charge in [0.2, 0.25) is 10.0 Å². The second kappa shape index (κ2) is 7.84. The molecule has 5 nitrogen and oxygen atoms in total. The van der Waals surface area contributed by atoms with Gasteiger partial charge in [0.25, 0.3) is 5.91 Å². The zero-order valence-corrected chi connectivity index (χ0v) is 17.7. The summed E-state index contributed by atoms with van der Waals surface area (Å²) in [5, 5.41) is 2.02. The lowest BCUT2D eigenvalue weighted by Crippen LogP contribution is -2.49. The van der Waals surface area contributed by atoms with E-state index in [2.05, 4.69) is 11.0 Å². The van der Waals surface area contributed by atoms with E-state index in [1.807, 2.05) is 5.38 Å². The van der Waals surface area contributed by atoms with E-state index >= 15 is 0 Å². The Morgan fingerprint density at radius 3 is 2.48 bits per heavy atom. The van der Waals surface area contributed by atoms with Crippen molar-refractivity contribution in [3.63, 3.8) is 0 Å². The minimum atomic E-state index is -3.09. The summed E-state index contributed by atoms with van der Waals surface area (Å²) in [4.78, 5) is 16.6. The molecule has 3 aliphatic rings. The summed E-state index contributed by atoms with van der Waals surface area (Å²) in [7, 11) is -3.09. The molecule has 3 heterocycles. The molecule has 1 aromatic rings. The number of rotatable bonds is 3. The first-order chi connectivity index (χ1) is 12.9. The summed E-state index contributed by atoms with van der Waals surface area (Å²) in [5.41, 5.74) is 0.840. The van der Waals surface area contributed by atoms with E-state index in [-0.39, 0.29) is 5.91 Å². The van der Waals surface area contributed by atoms with E-state index < -0.39 is 10.0 Å². The summed E-state index contributed by atoms with van der Waals surface area (Å²) < 4.78 is 25.0. The topological polar surface area (TPSA) is 57.7 Å². The van der Waals surface area contributed by atoms with Crippen LogP contribution in [-0.2, 0) is 10.0 Å². The zero-order chi connectivity index (χ0) is 19.0. The number of carbonyl (C=O) groups excluding carboxylic acids is 1. The van der Waals surface area contributed by atoms with Gasteiger partial charge in [0.05, 0.1) is 11.8 Å². The molecular formula is C20H30N2O3S2. The van der Waals surface area contributed by atoms with Crippen molar-refractivity contribution in [1.82, 2.24) is 9.21 Å². The summed E-state index contributed by atoms with van der Waals surface area (Å²) in [6.07, 6.45) is 10.4. The number of fused-ring (bicyclic) bond motifs is 1. The van der Waals surface area contributed by atoms with E-state index in [0.717, 1.165) is 37.8 Å². The summed E-state index contributed by atoms with van der Waals surface area (Å²) >= 11 is 1.67. The molecule has 0 radical (unpaired) electrons. The largest absolute Gasteiger partial charge is 0.335 e. The van der Waals surface area contributed by atoms with Crippen LogP contribution in [0.1, 0.15) is 72.5 Å². The van der Waals surface area contributed by atoms with E-state index in [1.54, 1.807) is 15.6 Å². The highest BCUT2D eigenvalue weighted by Gasteiger charge is 2.36. The molecule has 150 valence electrons. The predicted molar refractivity (Wildman–Crippen MR) is 109 cm³/mol. The molecule has 2 atom stereocenters. The van der Waals surface area contributed by atoms with Crippen molar-refractivity contribution in [3.05, 3.63) is 21.9 Å². The Kier molecular flexibility index (Phi) is 5.63. The van der Waals surface area contributed by atoms with Crippen LogP contribution in [0.5, 0.6) is 0 Å². The average Bonchev–Trinajstić information content (AvgIpc) is 3.16. The number of sulfonamides is 1. The highest BCUT2D eigenvalue weighted by molar-refractivity contribution is 7.88. The molecule has 0 spiro atoms. The van der Waals surface area contributed by atoms with Gasteiger partial charge in [0, 0.05) is 35.9 Å². The van der Waals surface area contributed by atoms with Crippen LogP contribution in [0.3, 0.4) is 0 Å². The predicted octanol–water partition coefficient (Wildman–Crippen LogP) is 3.68. The number of carbonyl (C=O) groups is 1. The molecule has 1 aromatic heterocycles. The molecule has 0 N–H and O–H groups in total. The lowest BCUT2D eigenvalue weighted by molar-refractivity contribution is 0.0391. The third-order valence-corrected chi connectivity index (χ3v) is 9.09. The highest BCUT2D eigenvalue weighted by Crippen LogP contribution is 2.37. The maximum absolute atomic E-state index is 13.2. The van der Waals surface area contributed by atoms with Crippen LogP contribution in [0, 0.1) is 5.92 Å². The first kappa shape index (κ1) is 19.4. The fraction of sp³-hybridized carbons (Fsp3) is 0.750. The number of piperidine rings is 2. The second-order valence-corrected chi connectivity index (χ2v) is 11.4. The van der Waals surface area contributed by atoms with E-state index in [1.165, 1.54) is 36.8 Å². The van der Waals surface area contributed by atoms with E-state index in [4.69, 9.17) is 0 Å². The van der Waals surface area contributed by atoms with Crippen molar-refractivity contribution in [2.45, 2.75) is 63.3 Å². The first-order valence-corrected chi connectivity index (χ1v) is 13.0. The number of hydrogen-bond acceptors (Lipinski definition) is 4. The van der Waals surface area contributed by atoms with Gasteiger partial charge < -0.3 is 4.90 Å². The number of amides is 1. The van der Waals surface area contributed by atoms with Crippen molar-refractivity contribution in [2.24, 2.45) is 5.92 Å². The van der Waals surface area contributed by atoms with Gasteiger partial charge in [-0.3, -0.25) is 4.79 Å². The Hall–Kier alpha value is -0.920. The van der Waals surface area contributed by atoms with Crippen LogP contribution in [0.2, 0.25) is 0 Å². The summed E-state index contributed by atoms with van der Waals surface area (Å²) in [6.45, 7) is 2.07.